The number of aliphatic hydroxyl groups excluding tert-OH is 1. The van der Waals surface area contributed by atoms with Crippen LogP contribution in [0.3, 0.4) is 0 Å². The number of rotatable bonds is 5. The van der Waals surface area contributed by atoms with Crippen molar-refractivity contribution in [3.8, 4) is 0 Å². The van der Waals surface area contributed by atoms with Crippen molar-refractivity contribution in [3.05, 3.63) is 35.4 Å². The van der Waals surface area contributed by atoms with Gasteiger partial charge in [-0.25, -0.2) is 0 Å². The molecule has 2 rings (SSSR count). The lowest BCUT2D eigenvalue weighted by Crippen LogP contribution is -2.40. The summed E-state index contributed by atoms with van der Waals surface area (Å²) in [7, 11) is 0. The second-order valence-electron chi connectivity index (χ2n) is 5.55. The second-order valence-corrected chi connectivity index (χ2v) is 5.55. The number of halogens is 3. The average Bonchev–Trinajstić information content (AvgIpc) is 3.19. The molecule has 1 saturated carbocycles. The number of hydrogen-bond acceptors (Lipinski definition) is 2. The van der Waals surface area contributed by atoms with Crippen LogP contribution in [0.1, 0.15) is 37.3 Å². The molecule has 1 atom stereocenters. The first kappa shape index (κ1) is 15.8. The summed E-state index contributed by atoms with van der Waals surface area (Å²) in [6, 6.07) is 4.77. The molecule has 1 aromatic carbocycles. The molecule has 1 aliphatic carbocycles. The van der Waals surface area contributed by atoms with E-state index in [0.717, 1.165) is 12.1 Å². The zero-order valence-corrected chi connectivity index (χ0v) is 11.7. The van der Waals surface area contributed by atoms with E-state index in [0.29, 0.717) is 24.8 Å². The van der Waals surface area contributed by atoms with Crippen LogP contribution in [0.25, 0.3) is 0 Å². The quantitative estimate of drug-likeness (QED) is 0.878. The molecule has 116 valence electrons. The average molecular weight is 301 g/mol. The molecule has 3 nitrogen and oxygen atoms in total. The van der Waals surface area contributed by atoms with Crippen LogP contribution in [0.15, 0.2) is 24.3 Å². The number of hydrogen-bond donors (Lipinski definition) is 2. The molecule has 0 aromatic heterocycles. The first-order valence-corrected chi connectivity index (χ1v) is 6.89. The lowest BCUT2D eigenvalue weighted by Gasteiger charge is -2.20. The van der Waals surface area contributed by atoms with E-state index < -0.39 is 17.2 Å². The first-order chi connectivity index (χ1) is 9.79. The first-order valence-electron chi connectivity index (χ1n) is 6.89. The minimum Gasteiger partial charge on any atom is -0.396 e. The molecule has 1 aromatic rings. The van der Waals surface area contributed by atoms with Crippen LogP contribution in [0, 0.1) is 0 Å². The molecule has 0 radical (unpaired) electrons. The minimum absolute atomic E-state index is 0.0436. The van der Waals surface area contributed by atoms with E-state index in [2.05, 4.69) is 5.32 Å². The van der Waals surface area contributed by atoms with Gasteiger partial charge in [0.25, 0.3) is 0 Å². The maximum absolute atomic E-state index is 12.8. The topological polar surface area (TPSA) is 49.3 Å². The SMILES string of the molecule is CC(CCO)NC(=O)C1(c2cccc(C(F)(F)F)c2)CC1. The van der Waals surface area contributed by atoms with Gasteiger partial charge in [-0.1, -0.05) is 18.2 Å². The van der Waals surface area contributed by atoms with E-state index in [1.165, 1.54) is 6.07 Å². The maximum atomic E-state index is 12.8. The van der Waals surface area contributed by atoms with Gasteiger partial charge in [0.05, 0.1) is 11.0 Å². The van der Waals surface area contributed by atoms with Crippen molar-refractivity contribution in [2.24, 2.45) is 0 Å². The Labute approximate surface area is 121 Å². The highest BCUT2D eigenvalue weighted by Gasteiger charge is 2.51. The zero-order valence-electron chi connectivity index (χ0n) is 11.7. The third kappa shape index (κ3) is 3.37. The molecule has 1 amide bonds. The predicted molar refractivity (Wildman–Crippen MR) is 71.7 cm³/mol. The molecule has 1 aliphatic rings. The molecular weight excluding hydrogens is 283 g/mol. The van der Waals surface area contributed by atoms with Crippen LogP contribution in [0.4, 0.5) is 13.2 Å². The van der Waals surface area contributed by atoms with Crippen molar-refractivity contribution in [1.29, 1.82) is 0 Å². The largest absolute Gasteiger partial charge is 0.416 e. The predicted octanol–water partition coefficient (Wildman–Crippen LogP) is 2.62. The van der Waals surface area contributed by atoms with Gasteiger partial charge in [0.1, 0.15) is 0 Å². The van der Waals surface area contributed by atoms with Crippen molar-refractivity contribution in [2.45, 2.75) is 43.8 Å². The highest BCUT2D eigenvalue weighted by atomic mass is 19.4. The molecule has 1 fully saturated rings. The van der Waals surface area contributed by atoms with E-state index in [4.69, 9.17) is 5.11 Å². The highest BCUT2D eigenvalue weighted by Crippen LogP contribution is 2.49. The van der Waals surface area contributed by atoms with Gasteiger partial charge in [0.15, 0.2) is 0 Å². The third-order valence-corrected chi connectivity index (χ3v) is 3.87. The molecule has 6 heteroatoms. The Morgan fingerprint density at radius 3 is 2.62 bits per heavy atom. The Kier molecular flexibility index (Phi) is 4.27. The number of nitrogens with one attached hydrogen (secondary N) is 1. The van der Waals surface area contributed by atoms with Crippen molar-refractivity contribution < 1.29 is 23.1 Å². The van der Waals surface area contributed by atoms with E-state index in [1.807, 2.05) is 0 Å². The smallest absolute Gasteiger partial charge is 0.396 e. The van der Waals surface area contributed by atoms with Crippen molar-refractivity contribution in [2.75, 3.05) is 6.61 Å². The van der Waals surface area contributed by atoms with E-state index >= 15 is 0 Å². The Bertz CT molecular complexity index is 524. The zero-order chi connectivity index (χ0) is 15.7. The summed E-state index contributed by atoms with van der Waals surface area (Å²) < 4.78 is 38.3. The van der Waals surface area contributed by atoms with Crippen LogP contribution >= 0.6 is 0 Å². The van der Waals surface area contributed by atoms with Gasteiger partial charge >= 0.3 is 6.18 Å². The second kappa shape index (κ2) is 5.67. The lowest BCUT2D eigenvalue weighted by molar-refractivity contribution is -0.137. The van der Waals surface area contributed by atoms with Gasteiger partial charge in [0.2, 0.25) is 5.91 Å². The molecule has 2 N–H and O–H groups in total. The summed E-state index contributed by atoms with van der Waals surface area (Å²) in [5.74, 6) is -0.261. The number of aliphatic hydroxyl groups is 1. The van der Waals surface area contributed by atoms with Crippen LogP contribution in [-0.2, 0) is 16.4 Å². The summed E-state index contributed by atoms with van der Waals surface area (Å²) in [5, 5.41) is 11.6. The van der Waals surface area contributed by atoms with E-state index in [1.54, 1.807) is 13.0 Å². The van der Waals surface area contributed by atoms with Crippen LogP contribution in [-0.4, -0.2) is 23.7 Å². The Morgan fingerprint density at radius 1 is 1.43 bits per heavy atom. The van der Waals surface area contributed by atoms with Crippen molar-refractivity contribution >= 4 is 5.91 Å². The summed E-state index contributed by atoms with van der Waals surface area (Å²) >= 11 is 0. The number of carbonyl (C=O) groups is 1. The lowest BCUT2D eigenvalue weighted by atomic mass is 9.93. The molecule has 0 saturated heterocycles. The fourth-order valence-electron chi connectivity index (χ4n) is 2.39. The normalized spacial score (nSPS) is 18.1. The van der Waals surface area contributed by atoms with E-state index in [9.17, 15) is 18.0 Å². The van der Waals surface area contributed by atoms with Crippen molar-refractivity contribution in [3.63, 3.8) is 0 Å². The third-order valence-electron chi connectivity index (χ3n) is 3.87. The Morgan fingerprint density at radius 2 is 2.10 bits per heavy atom. The Balaban J connectivity index is 2.19. The summed E-state index contributed by atoms with van der Waals surface area (Å²) in [6.45, 7) is 1.72. The van der Waals surface area contributed by atoms with Gasteiger partial charge in [-0.05, 0) is 37.8 Å². The monoisotopic (exact) mass is 301 g/mol. The van der Waals surface area contributed by atoms with Crippen LogP contribution in [0.5, 0.6) is 0 Å². The molecule has 0 spiro atoms. The Hall–Kier alpha value is -1.56. The van der Waals surface area contributed by atoms with Gasteiger partial charge in [-0.15, -0.1) is 0 Å². The van der Waals surface area contributed by atoms with Crippen LogP contribution in [0.2, 0.25) is 0 Å². The summed E-state index contributed by atoms with van der Waals surface area (Å²) in [4.78, 5) is 12.3. The van der Waals surface area contributed by atoms with Gasteiger partial charge in [0, 0.05) is 12.6 Å². The van der Waals surface area contributed by atoms with Crippen LogP contribution < -0.4 is 5.32 Å². The number of amides is 1. The van der Waals surface area contributed by atoms with Gasteiger partial charge in [-0.3, -0.25) is 4.79 Å². The molecule has 0 heterocycles. The molecule has 1 unspecified atom stereocenters. The van der Waals surface area contributed by atoms with Gasteiger partial charge < -0.3 is 10.4 Å². The summed E-state index contributed by atoms with van der Waals surface area (Å²) in [5.41, 5.74) is -1.17. The number of alkyl halides is 3. The molecule has 0 bridgehead atoms. The fraction of sp³-hybridized carbons (Fsp3) is 0.533. The van der Waals surface area contributed by atoms with E-state index in [-0.39, 0.29) is 18.6 Å². The fourth-order valence-corrected chi connectivity index (χ4v) is 2.39. The minimum atomic E-state index is -4.41. The number of carbonyl (C=O) groups excluding carboxylic acids is 1. The number of benzene rings is 1. The molecule has 21 heavy (non-hydrogen) atoms. The molecular formula is C15H18F3NO2. The highest BCUT2D eigenvalue weighted by molar-refractivity contribution is 5.91. The maximum Gasteiger partial charge on any atom is 0.416 e. The van der Waals surface area contributed by atoms with Crippen molar-refractivity contribution in [1.82, 2.24) is 5.32 Å². The standard InChI is InChI=1S/C15H18F3NO2/c1-10(5-8-20)19-13(21)14(6-7-14)11-3-2-4-12(9-11)15(16,17)18/h2-4,9-10,20H,5-8H2,1H3,(H,19,21). The summed E-state index contributed by atoms with van der Waals surface area (Å²) in [6.07, 6.45) is -2.89. The molecule has 0 aliphatic heterocycles. The van der Waals surface area contributed by atoms with Gasteiger partial charge in [-0.2, -0.15) is 13.2 Å².